The van der Waals surface area contributed by atoms with Crippen LogP contribution in [0.15, 0.2) is 11.6 Å². The van der Waals surface area contributed by atoms with Gasteiger partial charge in [-0.1, -0.05) is 0 Å². The molecule has 0 aliphatic heterocycles. The van der Waals surface area contributed by atoms with Gasteiger partial charge in [0.05, 0.1) is 11.6 Å². The highest BCUT2D eigenvalue weighted by atomic mass is 16.5. The molecule has 0 aliphatic rings. The smallest absolute Gasteiger partial charge is 0.271 e. The number of hydrogen-bond acceptors (Lipinski definition) is 5. The average molecular weight is 170 g/mol. The minimum atomic E-state index is -0.907. The molecule has 0 unspecified atom stereocenters. The van der Waals surface area contributed by atoms with Gasteiger partial charge in [0.15, 0.2) is 11.5 Å². The number of nitrogens with zero attached hydrogens (tertiary/aromatic N) is 3. The van der Waals surface area contributed by atoms with Gasteiger partial charge < -0.3 is 15.7 Å². The van der Waals surface area contributed by atoms with Crippen molar-refractivity contribution < 1.29 is 4.79 Å². The highest BCUT2D eigenvalue weighted by Gasteiger charge is 2.11. The van der Waals surface area contributed by atoms with Crippen LogP contribution >= 0.6 is 0 Å². The molecule has 3 N–H and O–H groups in total. The molecule has 0 saturated heterocycles. The van der Waals surface area contributed by atoms with Crippen molar-refractivity contribution in [2.24, 2.45) is 11.0 Å². The summed E-state index contributed by atoms with van der Waals surface area (Å²) < 4.78 is 0.182. The van der Waals surface area contributed by atoms with Crippen molar-refractivity contribution in [2.75, 3.05) is 5.43 Å². The molecule has 8 nitrogen and oxygen atoms in total. The number of primary amides is 1. The molecular formula is C4H4N5O3-. The third-order valence-electron chi connectivity index (χ3n) is 1.12. The lowest BCUT2D eigenvalue weighted by atomic mass is 10.4. The van der Waals surface area contributed by atoms with Crippen molar-refractivity contribution in [1.82, 2.24) is 9.71 Å². The van der Waals surface area contributed by atoms with Gasteiger partial charge >= 0.3 is 0 Å². The Bertz CT molecular complexity index is 318. The molecule has 64 valence electrons. The third-order valence-corrected chi connectivity index (χ3v) is 1.12. The van der Waals surface area contributed by atoms with E-state index in [0.717, 1.165) is 6.33 Å². The number of amides is 1. The molecule has 12 heavy (non-hydrogen) atoms. The number of rotatable bonds is 3. The number of nitrogens with one attached hydrogen (secondary N) is 1. The van der Waals surface area contributed by atoms with E-state index in [4.69, 9.17) is 5.73 Å². The molecule has 8 heteroatoms. The van der Waals surface area contributed by atoms with Crippen LogP contribution in [0.3, 0.4) is 0 Å². The van der Waals surface area contributed by atoms with Crippen molar-refractivity contribution in [1.29, 1.82) is 0 Å². The Hall–Kier alpha value is -2.12. The number of imidazole rings is 1. The molecule has 1 amide bonds. The maximum atomic E-state index is 10.7. The topological polar surface area (TPSA) is 125 Å². The van der Waals surface area contributed by atoms with E-state index in [2.05, 4.69) is 10.3 Å². The van der Waals surface area contributed by atoms with Crippen LogP contribution in [0.5, 0.6) is 0 Å². The standard InChI is InChI=1S/C4H4N5O3/c5-3(10)2-4(7-8-11)9(12)1-6-2/h1H,(H2,5,10)(H,7,11)/q-1. The van der Waals surface area contributed by atoms with Gasteiger partial charge in [-0.25, -0.2) is 10.4 Å². The molecule has 1 aromatic heterocycles. The molecule has 1 rings (SSSR count). The van der Waals surface area contributed by atoms with Crippen molar-refractivity contribution in [3.05, 3.63) is 22.1 Å². The Morgan fingerprint density at radius 1 is 1.83 bits per heavy atom. The Kier molecular flexibility index (Phi) is 1.90. The lowest BCUT2D eigenvalue weighted by Crippen LogP contribution is -2.13. The molecule has 0 fully saturated rings. The largest absolute Gasteiger partial charge is 0.804 e. The number of nitroso groups, excluding NO2 is 1. The van der Waals surface area contributed by atoms with Crippen molar-refractivity contribution in [2.45, 2.75) is 0 Å². The molecule has 0 spiro atoms. The van der Waals surface area contributed by atoms with Crippen LogP contribution in [0.2, 0.25) is 0 Å². The van der Waals surface area contributed by atoms with Gasteiger partial charge in [-0.2, -0.15) is 0 Å². The van der Waals surface area contributed by atoms with Gasteiger partial charge in [0, 0.05) is 0 Å². The number of carbonyl (C=O) groups is 1. The van der Waals surface area contributed by atoms with Crippen LogP contribution in [0.4, 0.5) is 5.82 Å². The maximum absolute atomic E-state index is 10.7. The Balaban J connectivity index is 3.11. The second-order valence-electron chi connectivity index (χ2n) is 1.83. The van der Waals surface area contributed by atoms with Gasteiger partial charge in [-0.3, -0.25) is 4.79 Å². The summed E-state index contributed by atoms with van der Waals surface area (Å²) in [7, 11) is 0. The second kappa shape index (κ2) is 2.86. The molecule has 0 aliphatic carbocycles. The number of aromatic nitrogens is 2. The van der Waals surface area contributed by atoms with E-state index in [9.17, 15) is 14.9 Å². The van der Waals surface area contributed by atoms with E-state index >= 15 is 0 Å². The van der Waals surface area contributed by atoms with E-state index < -0.39 is 5.91 Å². The summed E-state index contributed by atoms with van der Waals surface area (Å²) in [6.45, 7) is 0. The number of hydrogen-bond donors (Lipinski definition) is 2. The molecule has 0 aromatic carbocycles. The van der Waals surface area contributed by atoms with Crippen LogP contribution in [0.25, 0.3) is 0 Å². The zero-order valence-electron chi connectivity index (χ0n) is 5.72. The summed E-state index contributed by atoms with van der Waals surface area (Å²) >= 11 is 0. The zero-order valence-corrected chi connectivity index (χ0v) is 5.72. The first-order valence-corrected chi connectivity index (χ1v) is 2.80. The fourth-order valence-corrected chi connectivity index (χ4v) is 0.659. The molecule has 0 bridgehead atoms. The molecular weight excluding hydrogens is 166 g/mol. The van der Waals surface area contributed by atoms with Crippen LogP contribution in [-0.4, -0.2) is 15.6 Å². The molecule has 1 heterocycles. The summed E-state index contributed by atoms with van der Waals surface area (Å²) in [4.78, 5) is 23.6. The highest BCUT2D eigenvalue weighted by molar-refractivity contribution is 5.95. The van der Waals surface area contributed by atoms with Crippen LogP contribution < -0.4 is 11.2 Å². The van der Waals surface area contributed by atoms with E-state index in [0.29, 0.717) is 0 Å². The average Bonchev–Trinajstić information content (AvgIpc) is 2.34. The Morgan fingerprint density at radius 2 is 2.50 bits per heavy atom. The molecule has 1 aromatic rings. The summed E-state index contributed by atoms with van der Waals surface area (Å²) in [5.74, 6) is -1.27. The first-order valence-electron chi connectivity index (χ1n) is 2.80. The van der Waals surface area contributed by atoms with Crippen LogP contribution in [0.1, 0.15) is 10.5 Å². The fourth-order valence-electron chi connectivity index (χ4n) is 0.659. The summed E-state index contributed by atoms with van der Waals surface area (Å²) in [6.07, 6.45) is 0.799. The highest BCUT2D eigenvalue weighted by Crippen LogP contribution is 2.11. The predicted octanol–water partition coefficient (Wildman–Crippen LogP) is -0.579. The number of carbonyl (C=O) groups excluding carboxylic acids is 1. The lowest BCUT2D eigenvalue weighted by molar-refractivity contribution is 0.0997. The summed E-state index contributed by atoms with van der Waals surface area (Å²) in [6, 6.07) is 0. The molecule has 0 radical (unpaired) electrons. The van der Waals surface area contributed by atoms with Gasteiger partial charge in [-0.15, -0.1) is 4.91 Å². The van der Waals surface area contributed by atoms with E-state index in [1.54, 1.807) is 5.43 Å². The van der Waals surface area contributed by atoms with Gasteiger partial charge in [0.25, 0.3) is 5.91 Å². The van der Waals surface area contributed by atoms with Gasteiger partial charge in [0.1, 0.15) is 0 Å². The van der Waals surface area contributed by atoms with E-state index in [-0.39, 0.29) is 16.2 Å². The normalized spacial score (nSPS) is 9.33. The SMILES string of the molecule is NC(=O)c1ncn([O-])c1NN=O. The zero-order chi connectivity index (χ0) is 9.14. The van der Waals surface area contributed by atoms with Crippen molar-refractivity contribution >= 4 is 11.7 Å². The van der Waals surface area contributed by atoms with Crippen LogP contribution in [0, 0.1) is 10.1 Å². The quantitative estimate of drug-likeness (QED) is 0.463. The second-order valence-corrected chi connectivity index (χ2v) is 1.83. The van der Waals surface area contributed by atoms with Gasteiger partial charge in [-0.05, 0) is 0 Å². The molecule has 0 saturated carbocycles. The monoisotopic (exact) mass is 170 g/mol. The maximum Gasteiger partial charge on any atom is 0.271 e. The Morgan fingerprint density at radius 3 is 3.00 bits per heavy atom. The third kappa shape index (κ3) is 1.17. The minimum Gasteiger partial charge on any atom is -0.804 e. The molecule has 0 atom stereocenters. The van der Waals surface area contributed by atoms with Crippen LogP contribution in [-0.2, 0) is 0 Å². The predicted molar refractivity (Wildman–Crippen MR) is 38.9 cm³/mol. The number of anilines is 1. The van der Waals surface area contributed by atoms with Crippen molar-refractivity contribution in [3.8, 4) is 0 Å². The van der Waals surface area contributed by atoms with E-state index in [1.165, 1.54) is 0 Å². The minimum absolute atomic E-state index is 0.182. The fraction of sp³-hybridized carbons (Fsp3) is 0. The van der Waals surface area contributed by atoms with Gasteiger partial charge in [0.2, 0.25) is 0 Å². The first kappa shape index (κ1) is 7.98. The van der Waals surface area contributed by atoms with Crippen molar-refractivity contribution in [3.63, 3.8) is 0 Å². The van der Waals surface area contributed by atoms with E-state index in [1.807, 2.05) is 0 Å². The summed E-state index contributed by atoms with van der Waals surface area (Å²) in [5.41, 5.74) is 6.27. The lowest BCUT2D eigenvalue weighted by Gasteiger charge is -2.08. The summed E-state index contributed by atoms with van der Waals surface area (Å²) in [5, 5.41) is 12.9. The number of nitrogens with two attached hydrogens (primary N) is 1. The Labute approximate surface area is 65.9 Å². The first-order chi connectivity index (χ1) is 5.66.